The van der Waals surface area contributed by atoms with Crippen molar-refractivity contribution in [3.8, 4) is 0 Å². The second-order valence-electron chi connectivity index (χ2n) is 6.52. The first-order chi connectivity index (χ1) is 11.7. The summed E-state index contributed by atoms with van der Waals surface area (Å²) < 4.78 is 2.30. The second kappa shape index (κ2) is 10.7. The molecule has 1 fully saturated rings. The molecule has 0 unspecified atom stereocenters. The molecule has 1 aliphatic rings. The fraction of sp³-hybridized carbons (Fsp3) is 0.400. The van der Waals surface area contributed by atoms with Crippen molar-refractivity contribution in [3.05, 3.63) is 68.6 Å². The Hall–Kier alpha value is -0.390. The Morgan fingerprint density at radius 1 is 0.760 bits per heavy atom. The van der Waals surface area contributed by atoms with Gasteiger partial charge in [-0.25, -0.2) is 0 Å². The van der Waals surface area contributed by atoms with Crippen LogP contribution in [0.5, 0.6) is 0 Å². The zero-order valence-corrected chi connectivity index (χ0v) is 18.2. The van der Waals surface area contributed by atoms with E-state index in [1.54, 1.807) is 0 Å². The lowest BCUT2D eigenvalue weighted by Gasteiger charge is -2.33. The molecule has 5 heteroatoms. The molecule has 3 rings (SSSR count). The average molecular weight is 489 g/mol. The standard InChI is InChI=1S/C20H24Br2N2.ClH/c21-17-7-3-5-15(11-17)13-23-19-9-1-2-10-20(19)24-14-16-6-4-8-18(22)12-16;/h3-8,11-12,19-20,23-24H,1-2,9-10,13-14H2;1H/t19-,20-;/m0./s1. The van der Waals surface area contributed by atoms with Crippen LogP contribution in [-0.4, -0.2) is 12.1 Å². The molecule has 2 N–H and O–H groups in total. The number of rotatable bonds is 6. The average Bonchev–Trinajstić information content (AvgIpc) is 2.59. The van der Waals surface area contributed by atoms with Gasteiger partial charge in [0.15, 0.2) is 0 Å². The van der Waals surface area contributed by atoms with Crippen LogP contribution >= 0.6 is 44.3 Å². The van der Waals surface area contributed by atoms with Crippen molar-refractivity contribution in [1.82, 2.24) is 10.6 Å². The molecule has 0 radical (unpaired) electrons. The highest BCUT2D eigenvalue weighted by molar-refractivity contribution is 9.10. The van der Waals surface area contributed by atoms with Crippen molar-refractivity contribution in [2.75, 3.05) is 0 Å². The SMILES string of the molecule is Brc1cccc(CN[C@H]2CCCC[C@@H]2NCc2cccc(Br)c2)c1.Cl. The van der Waals surface area contributed by atoms with Crippen LogP contribution in [0.1, 0.15) is 36.8 Å². The summed E-state index contributed by atoms with van der Waals surface area (Å²) in [6.45, 7) is 1.86. The van der Waals surface area contributed by atoms with E-state index < -0.39 is 0 Å². The van der Waals surface area contributed by atoms with Crippen LogP contribution < -0.4 is 10.6 Å². The quantitative estimate of drug-likeness (QED) is 0.535. The fourth-order valence-corrected chi connectivity index (χ4v) is 4.30. The molecule has 0 heterocycles. The summed E-state index contributed by atoms with van der Waals surface area (Å²) in [6, 6.07) is 18.2. The Labute approximate surface area is 173 Å². The van der Waals surface area contributed by atoms with Gasteiger partial charge in [-0.15, -0.1) is 12.4 Å². The molecule has 0 aliphatic heterocycles. The monoisotopic (exact) mass is 486 g/mol. The highest BCUT2D eigenvalue weighted by atomic mass is 79.9. The number of benzene rings is 2. The third kappa shape index (κ3) is 6.69. The molecule has 1 aliphatic carbocycles. The third-order valence-corrected chi connectivity index (χ3v) is 5.67. The number of hydrogen-bond acceptors (Lipinski definition) is 2. The highest BCUT2D eigenvalue weighted by Crippen LogP contribution is 2.20. The molecular formula is C20H25Br2ClN2. The predicted molar refractivity (Wildman–Crippen MR) is 115 cm³/mol. The van der Waals surface area contributed by atoms with Crippen molar-refractivity contribution < 1.29 is 0 Å². The lowest BCUT2D eigenvalue weighted by Crippen LogP contribution is -2.49. The Balaban J connectivity index is 0.00000225. The summed E-state index contributed by atoms with van der Waals surface area (Å²) in [5.41, 5.74) is 2.67. The molecule has 0 bridgehead atoms. The van der Waals surface area contributed by atoms with Crippen LogP contribution in [0.3, 0.4) is 0 Å². The summed E-state index contributed by atoms with van der Waals surface area (Å²) in [4.78, 5) is 0. The van der Waals surface area contributed by atoms with Crippen molar-refractivity contribution in [2.45, 2.75) is 50.9 Å². The van der Waals surface area contributed by atoms with Crippen LogP contribution in [0.4, 0.5) is 0 Å². The molecular weight excluding hydrogens is 463 g/mol. The first-order valence-electron chi connectivity index (χ1n) is 8.66. The third-order valence-electron chi connectivity index (χ3n) is 4.68. The van der Waals surface area contributed by atoms with E-state index in [1.165, 1.54) is 36.8 Å². The molecule has 0 spiro atoms. The predicted octanol–water partition coefficient (Wildman–Crippen LogP) is 5.82. The van der Waals surface area contributed by atoms with Gasteiger partial charge in [0.2, 0.25) is 0 Å². The maximum absolute atomic E-state index is 3.77. The van der Waals surface area contributed by atoms with Crippen molar-refractivity contribution in [1.29, 1.82) is 0 Å². The van der Waals surface area contributed by atoms with Crippen LogP contribution in [-0.2, 0) is 13.1 Å². The highest BCUT2D eigenvalue weighted by Gasteiger charge is 2.24. The number of hydrogen-bond donors (Lipinski definition) is 2. The Morgan fingerprint density at radius 2 is 1.20 bits per heavy atom. The Kier molecular flexibility index (Phi) is 8.94. The van der Waals surface area contributed by atoms with Gasteiger partial charge < -0.3 is 10.6 Å². The summed E-state index contributed by atoms with van der Waals surface area (Å²) in [6.07, 6.45) is 5.16. The summed E-state index contributed by atoms with van der Waals surface area (Å²) in [7, 11) is 0. The van der Waals surface area contributed by atoms with E-state index >= 15 is 0 Å². The van der Waals surface area contributed by atoms with Gasteiger partial charge in [0, 0.05) is 34.1 Å². The zero-order chi connectivity index (χ0) is 16.8. The van der Waals surface area contributed by atoms with Crippen molar-refractivity contribution >= 4 is 44.3 Å². The van der Waals surface area contributed by atoms with Gasteiger partial charge in [-0.1, -0.05) is 69.0 Å². The first kappa shape index (κ1) is 20.9. The van der Waals surface area contributed by atoms with Crippen LogP contribution in [0.25, 0.3) is 0 Å². The molecule has 0 amide bonds. The van der Waals surface area contributed by atoms with E-state index in [0.717, 1.165) is 22.0 Å². The normalized spacial score (nSPS) is 20.1. The van der Waals surface area contributed by atoms with Gasteiger partial charge in [0.25, 0.3) is 0 Å². The fourth-order valence-electron chi connectivity index (χ4n) is 3.41. The second-order valence-corrected chi connectivity index (χ2v) is 8.35. The summed E-state index contributed by atoms with van der Waals surface area (Å²) >= 11 is 7.11. The Morgan fingerprint density at radius 3 is 1.60 bits per heavy atom. The molecule has 2 atom stereocenters. The van der Waals surface area contributed by atoms with E-state index in [9.17, 15) is 0 Å². The van der Waals surface area contributed by atoms with Gasteiger partial charge in [-0.05, 0) is 48.2 Å². The molecule has 2 aromatic carbocycles. The van der Waals surface area contributed by atoms with Crippen molar-refractivity contribution in [2.24, 2.45) is 0 Å². The van der Waals surface area contributed by atoms with E-state index in [-0.39, 0.29) is 12.4 Å². The molecule has 25 heavy (non-hydrogen) atoms. The molecule has 2 aromatic rings. The lowest BCUT2D eigenvalue weighted by molar-refractivity contribution is 0.281. The van der Waals surface area contributed by atoms with E-state index in [1.807, 2.05) is 0 Å². The zero-order valence-electron chi connectivity index (χ0n) is 14.2. The minimum atomic E-state index is 0. The van der Waals surface area contributed by atoms with Gasteiger partial charge in [-0.3, -0.25) is 0 Å². The van der Waals surface area contributed by atoms with Crippen LogP contribution in [0, 0.1) is 0 Å². The van der Waals surface area contributed by atoms with Crippen LogP contribution in [0.2, 0.25) is 0 Å². The van der Waals surface area contributed by atoms with Crippen molar-refractivity contribution in [3.63, 3.8) is 0 Å². The van der Waals surface area contributed by atoms with Gasteiger partial charge >= 0.3 is 0 Å². The van der Waals surface area contributed by atoms with Gasteiger partial charge in [0.1, 0.15) is 0 Å². The maximum Gasteiger partial charge on any atom is 0.0224 e. The molecule has 0 saturated heterocycles. The van der Waals surface area contributed by atoms with Crippen LogP contribution in [0.15, 0.2) is 57.5 Å². The minimum Gasteiger partial charge on any atom is -0.308 e. The topological polar surface area (TPSA) is 24.1 Å². The minimum absolute atomic E-state index is 0. The summed E-state index contributed by atoms with van der Waals surface area (Å²) in [5.74, 6) is 0. The Bertz CT molecular complexity index is 608. The number of nitrogens with one attached hydrogen (secondary N) is 2. The van der Waals surface area contributed by atoms with E-state index in [0.29, 0.717) is 12.1 Å². The molecule has 0 aromatic heterocycles. The molecule has 2 nitrogen and oxygen atoms in total. The number of halogens is 3. The summed E-state index contributed by atoms with van der Waals surface area (Å²) in [5, 5.41) is 7.54. The maximum atomic E-state index is 3.77. The molecule has 1 saturated carbocycles. The van der Waals surface area contributed by atoms with Gasteiger partial charge in [0.05, 0.1) is 0 Å². The smallest absolute Gasteiger partial charge is 0.0224 e. The first-order valence-corrected chi connectivity index (χ1v) is 10.2. The lowest BCUT2D eigenvalue weighted by atomic mass is 9.90. The van der Waals surface area contributed by atoms with E-state index in [2.05, 4.69) is 91.0 Å². The largest absolute Gasteiger partial charge is 0.308 e. The van der Waals surface area contributed by atoms with E-state index in [4.69, 9.17) is 0 Å². The van der Waals surface area contributed by atoms with Gasteiger partial charge in [-0.2, -0.15) is 0 Å². The molecule has 136 valence electrons.